The highest BCUT2D eigenvalue weighted by molar-refractivity contribution is 7.22. The molecule has 0 unspecified atom stereocenters. The summed E-state index contributed by atoms with van der Waals surface area (Å²) in [6.07, 6.45) is 1.39. The third-order valence-electron chi connectivity index (χ3n) is 3.75. The fourth-order valence-corrected chi connectivity index (χ4v) is 3.23. The van der Waals surface area contributed by atoms with Gasteiger partial charge in [-0.15, -0.1) is 0 Å². The monoisotopic (exact) mass is 358 g/mol. The van der Waals surface area contributed by atoms with Crippen LogP contribution in [0.4, 0.5) is 5.13 Å². The summed E-state index contributed by atoms with van der Waals surface area (Å²) in [6.45, 7) is 5.87. The van der Waals surface area contributed by atoms with E-state index in [1.54, 1.807) is 13.8 Å². The Balaban J connectivity index is 1.76. The normalized spacial score (nSPS) is 10.8. The van der Waals surface area contributed by atoms with Crippen molar-refractivity contribution in [3.05, 3.63) is 46.1 Å². The van der Waals surface area contributed by atoms with E-state index in [4.69, 9.17) is 4.74 Å². The Labute approximate surface area is 148 Å². The van der Waals surface area contributed by atoms with Crippen LogP contribution in [-0.2, 0) is 11.3 Å². The molecule has 0 aliphatic rings. The van der Waals surface area contributed by atoms with E-state index in [2.05, 4.69) is 15.3 Å². The SMILES string of the molecule is CCOc1ccc2nc(NC(=O)Cn3cnc(C)c(C)c3=O)sc2c1. The average Bonchev–Trinajstić information content (AvgIpc) is 2.97. The molecule has 0 radical (unpaired) electrons. The van der Waals surface area contributed by atoms with E-state index in [1.807, 2.05) is 25.1 Å². The first-order valence-electron chi connectivity index (χ1n) is 7.84. The van der Waals surface area contributed by atoms with Crippen LogP contribution in [-0.4, -0.2) is 27.0 Å². The summed E-state index contributed by atoms with van der Waals surface area (Å²) in [5.74, 6) is 0.445. The van der Waals surface area contributed by atoms with E-state index < -0.39 is 0 Å². The molecule has 0 bridgehead atoms. The molecule has 7 nitrogen and oxygen atoms in total. The van der Waals surface area contributed by atoms with Crippen molar-refractivity contribution in [1.82, 2.24) is 14.5 Å². The van der Waals surface area contributed by atoms with Crippen molar-refractivity contribution in [1.29, 1.82) is 0 Å². The number of benzene rings is 1. The van der Waals surface area contributed by atoms with Crippen molar-refractivity contribution in [3.63, 3.8) is 0 Å². The zero-order valence-corrected chi connectivity index (χ0v) is 15.0. The van der Waals surface area contributed by atoms with E-state index in [0.29, 0.717) is 23.0 Å². The number of amides is 1. The first-order chi connectivity index (χ1) is 12.0. The van der Waals surface area contributed by atoms with Crippen LogP contribution >= 0.6 is 11.3 Å². The quantitative estimate of drug-likeness (QED) is 0.757. The fourth-order valence-electron chi connectivity index (χ4n) is 2.32. The minimum Gasteiger partial charge on any atom is -0.494 e. The number of carbonyl (C=O) groups excluding carboxylic acids is 1. The van der Waals surface area contributed by atoms with Crippen LogP contribution in [0, 0.1) is 13.8 Å². The molecule has 0 spiro atoms. The Morgan fingerprint density at radius 1 is 1.36 bits per heavy atom. The van der Waals surface area contributed by atoms with Gasteiger partial charge in [0.1, 0.15) is 12.3 Å². The second kappa shape index (κ2) is 7.02. The highest BCUT2D eigenvalue weighted by Gasteiger charge is 2.11. The van der Waals surface area contributed by atoms with E-state index in [0.717, 1.165) is 16.0 Å². The third-order valence-corrected chi connectivity index (χ3v) is 4.68. The van der Waals surface area contributed by atoms with Gasteiger partial charge in [-0.3, -0.25) is 14.2 Å². The Morgan fingerprint density at radius 3 is 2.92 bits per heavy atom. The molecule has 1 aromatic carbocycles. The molecule has 3 rings (SSSR count). The molecule has 2 aromatic heterocycles. The molecular weight excluding hydrogens is 340 g/mol. The number of thiazole rings is 1. The Morgan fingerprint density at radius 2 is 2.16 bits per heavy atom. The second-order valence-corrected chi connectivity index (χ2v) is 6.55. The van der Waals surface area contributed by atoms with Gasteiger partial charge in [0.25, 0.3) is 5.56 Å². The van der Waals surface area contributed by atoms with E-state index in [-0.39, 0.29) is 18.0 Å². The molecule has 1 N–H and O–H groups in total. The topological polar surface area (TPSA) is 86.1 Å². The van der Waals surface area contributed by atoms with E-state index in [9.17, 15) is 9.59 Å². The molecule has 0 saturated carbocycles. The smallest absolute Gasteiger partial charge is 0.256 e. The number of rotatable bonds is 5. The predicted molar refractivity (Wildman–Crippen MR) is 97.4 cm³/mol. The number of aromatic nitrogens is 3. The molecule has 0 aliphatic carbocycles. The first kappa shape index (κ1) is 17.1. The van der Waals surface area contributed by atoms with Gasteiger partial charge in [0.05, 0.1) is 23.2 Å². The molecule has 1 amide bonds. The number of ether oxygens (including phenoxy) is 1. The summed E-state index contributed by atoms with van der Waals surface area (Å²) in [6, 6.07) is 5.59. The summed E-state index contributed by atoms with van der Waals surface area (Å²) < 4.78 is 7.68. The zero-order chi connectivity index (χ0) is 18.0. The molecule has 0 aliphatic heterocycles. The van der Waals surface area contributed by atoms with Crippen molar-refractivity contribution >= 4 is 32.6 Å². The number of hydrogen-bond acceptors (Lipinski definition) is 6. The number of nitrogens with zero attached hydrogens (tertiary/aromatic N) is 3. The van der Waals surface area contributed by atoms with Gasteiger partial charge in [0, 0.05) is 11.3 Å². The van der Waals surface area contributed by atoms with Crippen LogP contribution in [0.25, 0.3) is 10.2 Å². The van der Waals surface area contributed by atoms with Gasteiger partial charge in [-0.25, -0.2) is 9.97 Å². The second-order valence-electron chi connectivity index (χ2n) is 5.52. The molecule has 3 aromatic rings. The van der Waals surface area contributed by atoms with Gasteiger partial charge in [-0.1, -0.05) is 11.3 Å². The van der Waals surface area contributed by atoms with E-state index >= 15 is 0 Å². The van der Waals surface area contributed by atoms with Crippen molar-refractivity contribution in [3.8, 4) is 5.75 Å². The lowest BCUT2D eigenvalue weighted by molar-refractivity contribution is -0.116. The average molecular weight is 358 g/mol. The summed E-state index contributed by atoms with van der Waals surface area (Å²) >= 11 is 1.36. The standard InChI is InChI=1S/C17H18N4O3S/c1-4-24-12-5-6-13-14(7-12)25-17(19-13)20-15(22)8-21-9-18-11(3)10(2)16(21)23/h5-7,9H,4,8H2,1-3H3,(H,19,20,22). The van der Waals surface area contributed by atoms with Crippen LogP contribution < -0.4 is 15.6 Å². The first-order valence-corrected chi connectivity index (χ1v) is 8.65. The third kappa shape index (κ3) is 3.69. The Hall–Kier alpha value is -2.74. The molecular formula is C17H18N4O3S. The summed E-state index contributed by atoms with van der Waals surface area (Å²) in [7, 11) is 0. The van der Waals surface area contributed by atoms with Crippen LogP contribution in [0.5, 0.6) is 5.75 Å². The van der Waals surface area contributed by atoms with Crippen LogP contribution in [0.15, 0.2) is 29.3 Å². The maximum Gasteiger partial charge on any atom is 0.256 e. The molecule has 8 heteroatoms. The molecule has 0 saturated heterocycles. The van der Waals surface area contributed by atoms with Crippen LogP contribution in [0.1, 0.15) is 18.2 Å². The lowest BCUT2D eigenvalue weighted by Gasteiger charge is -2.07. The zero-order valence-electron chi connectivity index (χ0n) is 14.2. The molecule has 25 heavy (non-hydrogen) atoms. The van der Waals surface area contributed by atoms with Crippen molar-refractivity contribution in [2.75, 3.05) is 11.9 Å². The minimum absolute atomic E-state index is 0.104. The molecule has 130 valence electrons. The summed E-state index contributed by atoms with van der Waals surface area (Å²) in [4.78, 5) is 32.8. The lowest BCUT2D eigenvalue weighted by atomic mass is 10.3. The molecule has 0 fully saturated rings. The van der Waals surface area contributed by atoms with Gasteiger partial charge in [-0.05, 0) is 39.0 Å². The summed E-state index contributed by atoms with van der Waals surface area (Å²) in [5.41, 5.74) is 1.78. The van der Waals surface area contributed by atoms with Crippen molar-refractivity contribution in [2.45, 2.75) is 27.3 Å². The highest BCUT2D eigenvalue weighted by Crippen LogP contribution is 2.29. The molecule has 2 heterocycles. The summed E-state index contributed by atoms with van der Waals surface area (Å²) in [5, 5.41) is 3.22. The predicted octanol–water partition coefficient (Wildman–Crippen LogP) is 2.51. The lowest BCUT2D eigenvalue weighted by Crippen LogP contribution is -2.29. The highest BCUT2D eigenvalue weighted by atomic mass is 32.1. The van der Waals surface area contributed by atoms with Gasteiger partial charge < -0.3 is 10.1 Å². The fraction of sp³-hybridized carbons (Fsp3) is 0.294. The van der Waals surface area contributed by atoms with Gasteiger partial charge in [-0.2, -0.15) is 0 Å². The number of anilines is 1. The molecule has 0 atom stereocenters. The van der Waals surface area contributed by atoms with E-state index in [1.165, 1.54) is 22.2 Å². The number of aryl methyl sites for hydroxylation is 1. The van der Waals surface area contributed by atoms with Crippen molar-refractivity contribution < 1.29 is 9.53 Å². The van der Waals surface area contributed by atoms with Gasteiger partial charge >= 0.3 is 0 Å². The van der Waals surface area contributed by atoms with Gasteiger partial charge in [0.15, 0.2) is 5.13 Å². The minimum atomic E-state index is -0.323. The number of carbonyl (C=O) groups is 1. The maximum atomic E-state index is 12.2. The largest absolute Gasteiger partial charge is 0.494 e. The number of nitrogens with one attached hydrogen (secondary N) is 1. The Kier molecular flexibility index (Phi) is 4.80. The Bertz CT molecular complexity index is 993. The van der Waals surface area contributed by atoms with Crippen molar-refractivity contribution in [2.24, 2.45) is 0 Å². The van der Waals surface area contributed by atoms with Gasteiger partial charge in [0.2, 0.25) is 5.91 Å². The van der Waals surface area contributed by atoms with Crippen LogP contribution in [0.2, 0.25) is 0 Å². The number of hydrogen-bond donors (Lipinski definition) is 1. The van der Waals surface area contributed by atoms with Crippen LogP contribution in [0.3, 0.4) is 0 Å². The number of fused-ring (bicyclic) bond motifs is 1. The maximum absolute atomic E-state index is 12.2.